The number of esters is 1. The highest BCUT2D eigenvalue weighted by molar-refractivity contribution is 6.42. The van der Waals surface area contributed by atoms with Gasteiger partial charge in [-0.2, -0.15) is 0 Å². The fraction of sp³-hybridized carbons (Fsp3) is 0.462. The van der Waals surface area contributed by atoms with Crippen LogP contribution in [0.3, 0.4) is 0 Å². The number of nitrogens with zero attached hydrogens (tertiary/aromatic N) is 2. The summed E-state index contributed by atoms with van der Waals surface area (Å²) in [5.41, 5.74) is 1.59. The Hall–Kier alpha value is -1.54. The first-order valence-corrected chi connectivity index (χ1v) is 12.2. The molecule has 10 heteroatoms. The molecule has 2 aromatic carbocycles. The summed E-state index contributed by atoms with van der Waals surface area (Å²) in [6.07, 6.45) is 0. The average molecular weight is 579 g/mol. The zero-order chi connectivity index (χ0) is 24.9. The molecule has 1 N–H and O–H groups in total. The maximum Gasteiger partial charge on any atom is 0.308 e. The van der Waals surface area contributed by atoms with E-state index in [1.54, 1.807) is 24.3 Å². The highest BCUT2D eigenvalue weighted by Crippen LogP contribution is 2.24. The van der Waals surface area contributed by atoms with Crippen molar-refractivity contribution in [2.75, 3.05) is 32.7 Å². The lowest BCUT2D eigenvalue weighted by Gasteiger charge is -2.40. The minimum absolute atomic E-state index is 0. The van der Waals surface area contributed by atoms with Gasteiger partial charge >= 0.3 is 5.97 Å². The van der Waals surface area contributed by atoms with Gasteiger partial charge in [0.05, 0.1) is 10.0 Å². The summed E-state index contributed by atoms with van der Waals surface area (Å²) in [7, 11) is 0. The van der Waals surface area contributed by atoms with E-state index in [1.165, 1.54) is 6.92 Å². The Labute approximate surface area is 236 Å². The predicted molar refractivity (Wildman–Crippen MR) is 151 cm³/mol. The third kappa shape index (κ3) is 9.73. The zero-order valence-corrected chi connectivity index (χ0v) is 24.2. The van der Waals surface area contributed by atoms with E-state index in [1.807, 2.05) is 18.2 Å². The number of hydrogen-bond acceptors (Lipinski definition) is 5. The molecule has 0 radical (unpaired) electrons. The van der Waals surface area contributed by atoms with Crippen LogP contribution < -0.4 is 10.1 Å². The summed E-state index contributed by atoms with van der Waals surface area (Å²) in [6.45, 7) is 13.1. The summed E-state index contributed by atoms with van der Waals surface area (Å²) in [6, 6.07) is 12.4. The van der Waals surface area contributed by atoms with E-state index in [4.69, 9.17) is 27.9 Å². The van der Waals surface area contributed by atoms with Crippen LogP contribution in [0.1, 0.15) is 43.6 Å². The minimum atomic E-state index is -0.387. The van der Waals surface area contributed by atoms with Crippen molar-refractivity contribution in [3.05, 3.63) is 63.6 Å². The van der Waals surface area contributed by atoms with Gasteiger partial charge in [0.2, 0.25) is 0 Å². The fourth-order valence-corrected chi connectivity index (χ4v) is 4.22. The molecule has 1 heterocycles. The molecule has 200 valence electrons. The quantitative estimate of drug-likeness (QED) is 0.336. The van der Waals surface area contributed by atoms with Gasteiger partial charge in [-0.05, 0) is 47.4 Å². The highest BCUT2D eigenvalue weighted by Gasteiger charge is 2.30. The van der Waals surface area contributed by atoms with Gasteiger partial charge < -0.3 is 10.1 Å². The number of hydrogen-bond donors (Lipinski definition) is 1. The summed E-state index contributed by atoms with van der Waals surface area (Å²) in [5, 5.41) is 4.37. The van der Waals surface area contributed by atoms with E-state index in [9.17, 15) is 9.59 Å². The van der Waals surface area contributed by atoms with Gasteiger partial charge in [-0.25, -0.2) is 0 Å². The number of halogens is 4. The zero-order valence-electron chi connectivity index (χ0n) is 21.1. The van der Waals surface area contributed by atoms with E-state index in [0.29, 0.717) is 21.4 Å². The van der Waals surface area contributed by atoms with Crippen LogP contribution in [0.25, 0.3) is 0 Å². The molecule has 36 heavy (non-hydrogen) atoms. The topological polar surface area (TPSA) is 61.9 Å². The number of piperazine rings is 1. The summed E-state index contributed by atoms with van der Waals surface area (Å²) in [4.78, 5) is 28.8. The molecule has 1 aliphatic heterocycles. The summed E-state index contributed by atoms with van der Waals surface area (Å²) >= 11 is 12.2. The predicted octanol–water partition coefficient (Wildman–Crippen LogP) is 5.72. The van der Waals surface area contributed by atoms with Crippen molar-refractivity contribution in [2.45, 2.75) is 40.3 Å². The van der Waals surface area contributed by atoms with Crippen molar-refractivity contribution >= 4 is 59.9 Å². The molecule has 0 aromatic heterocycles. The molecule has 1 aliphatic rings. The van der Waals surface area contributed by atoms with Gasteiger partial charge in [0.25, 0.3) is 5.91 Å². The van der Waals surface area contributed by atoms with E-state index in [0.717, 1.165) is 44.8 Å². The lowest BCUT2D eigenvalue weighted by atomic mass is 9.86. The van der Waals surface area contributed by atoms with Crippen LogP contribution in [-0.2, 0) is 11.3 Å². The molecule has 1 fully saturated rings. The van der Waals surface area contributed by atoms with Crippen LogP contribution >= 0.6 is 48.0 Å². The Kier molecular flexibility index (Phi) is 13.0. The second-order valence-corrected chi connectivity index (χ2v) is 10.6. The molecule has 0 aliphatic carbocycles. The Morgan fingerprint density at radius 1 is 0.944 bits per heavy atom. The molecule has 0 saturated carbocycles. The Morgan fingerprint density at radius 2 is 1.53 bits per heavy atom. The first-order valence-electron chi connectivity index (χ1n) is 11.5. The number of amides is 1. The van der Waals surface area contributed by atoms with Crippen LogP contribution in [0.2, 0.25) is 10.0 Å². The van der Waals surface area contributed by atoms with Gasteiger partial charge in [-0.3, -0.25) is 19.4 Å². The lowest BCUT2D eigenvalue weighted by molar-refractivity contribution is -0.131. The van der Waals surface area contributed by atoms with Crippen molar-refractivity contribution in [3.63, 3.8) is 0 Å². The van der Waals surface area contributed by atoms with Crippen molar-refractivity contribution in [1.29, 1.82) is 0 Å². The van der Waals surface area contributed by atoms with Crippen molar-refractivity contribution < 1.29 is 14.3 Å². The molecular formula is C26H35Cl4N3O3. The summed E-state index contributed by atoms with van der Waals surface area (Å²) in [5.74, 6) is -0.0928. The second kappa shape index (κ2) is 14.4. The molecule has 6 nitrogen and oxygen atoms in total. The minimum Gasteiger partial charge on any atom is -0.427 e. The molecule has 1 atom stereocenters. The van der Waals surface area contributed by atoms with Crippen LogP contribution in [0.15, 0.2) is 42.5 Å². The first-order chi connectivity index (χ1) is 16.0. The Balaban J connectivity index is 0.00000324. The van der Waals surface area contributed by atoms with E-state index >= 15 is 0 Å². The third-order valence-corrected chi connectivity index (χ3v) is 6.76. The van der Waals surface area contributed by atoms with Crippen LogP contribution in [0, 0.1) is 5.41 Å². The Bertz CT molecular complexity index is 1000. The van der Waals surface area contributed by atoms with Gasteiger partial charge in [0.15, 0.2) is 0 Å². The van der Waals surface area contributed by atoms with Crippen LogP contribution in [0.5, 0.6) is 5.75 Å². The van der Waals surface area contributed by atoms with E-state index < -0.39 is 0 Å². The highest BCUT2D eigenvalue weighted by atomic mass is 35.5. The molecule has 1 amide bonds. The average Bonchev–Trinajstić information content (AvgIpc) is 2.76. The molecule has 3 rings (SSSR count). The monoisotopic (exact) mass is 577 g/mol. The molecule has 2 aromatic rings. The number of carbonyl (C=O) groups is 2. The molecule has 1 unspecified atom stereocenters. The maximum absolute atomic E-state index is 12.9. The fourth-order valence-electron chi connectivity index (χ4n) is 3.90. The first kappa shape index (κ1) is 32.5. The van der Waals surface area contributed by atoms with Crippen molar-refractivity contribution in [1.82, 2.24) is 15.1 Å². The van der Waals surface area contributed by atoms with Crippen molar-refractivity contribution in [3.8, 4) is 5.75 Å². The number of ether oxygens (including phenoxy) is 1. The molecular weight excluding hydrogens is 544 g/mol. The maximum atomic E-state index is 12.9. The number of carbonyl (C=O) groups excluding carboxylic acids is 2. The number of benzene rings is 2. The standard InChI is InChI=1S/C26H33Cl2N3O3.2ClH/c1-18(32)34-21-8-6-20(7-9-21)25(33)29-24(26(2,3)4)17-31-13-11-30(12-14-31)16-19-5-10-22(27)23(28)15-19;;/h5-10,15,24H,11-14,16-17H2,1-4H3,(H,29,33);2*1H. The normalized spacial score (nSPS) is 15.3. The lowest BCUT2D eigenvalue weighted by Crippen LogP contribution is -2.54. The SMILES string of the molecule is CC(=O)Oc1ccc(C(=O)NC(CN2CCN(Cc3ccc(Cl)c(Cl)c3)CC2)C(C)(C)C)cc1.Cl.Cl. The largest absolute Gasteiger partial charge is 0.427 e. The van der Waals surface area contributed by atoms with Gasteiger partial charge in [-0.15, -0.1) is 24.8 Å². The van der Waals surface area contributed by atoms with Gasteiger partial charge in [-0.1, -0.05) is 50.0 Å². The number of nitrogens with one attached hydrogen (secondary N) is 1. The molecule has 0 bridgehead atoms. The Morgan fingerprint density at radius 3 is 2.06 bits per heavy atom. The number of rotatable bonds is 7. The molecule has 1 saturated heterocycles. The molecule has 0 spiro atoms. The van der Waals surface area contributed by atoms with Gasteiger partial charge in [0, 0.05) is 57.8 Å². The van der Waals surface area contributed by atoms with Gasteiger partial charge in [0.1, 0.15) is 5.75 Å². The van der Waals surface area contributed by atoms with Crippen molar-refractivity contribution in [2.24, 2.45) is 5.41 Å². The smallest absolute Gasteiger partial charge is 0.308 e. The summed E-state index contributed by atoms with van der Waals surface area (Å²) < 4.78 is 5.05. The van der Waals surface area contributed by atoms with Crippen LogP contribution in [-0.4, -0.2) is 60.4 Å². The second-order valence-electron chi connectivity index (χ2n) is 9.84. The van der Waals surface area contributed by atoms with E-state index in [2.05, 4.69) is 35.9 Å². The van der Waals surface area contributed by atoms with Crippen LogP contribution in [0.4, 0.5) is 0 Å². The third-order valence-electron chi connectivity index (χ3n) is 6.02. The van der Waals surface area contributed by atoms with E-state index in [-0.39, 0.29) is 48.1 Å².